The van der Waals surface area contributed by atoms with Gasteiger partial charge < -0.3 is 5.32 Å². The fourth-order valence-corrected chi connectivity index (χ4v) is 4.13. The number of alkyl halides is 3. The maximum absolute atomic E-state index is 13.5. The van der Waals surface area contributed by atoms with Gasteiger partial charge in [0.05, 0.1) is 22.3 Å². The molecule has 124 valence electrons. The second-order valence-electron chi connectivity index (χ2n) is 6.27. The molecular weight excluding hydrogens is 335 g/mol. The molecule has 4 rings (SSSR count). The van der Waals surface area contributed by atoms with Crippen LogP contribution in [0.4, 0.5) is 18.9 Å². The van der Waals surface area contributed by atoms with E-state index in [0.29, 0.717) is 10.7 Å². The summed E-state index contributed by atoms with van der Waals surface area (Å²) >= 11 is 6.25. The van der Waals surface area contributed by atoms with Gasteiger partial charge in [-0.1, -0.05) is 54.1 Å². The zero-order valence-electron chi connectivity index (χ0n) is 12.6. The lowest BCUT2D eigenvalue weighted by Gasteiger charge is -2.39. The van der Waals surface area contributed by atoms with Crippen molar-refractivity contribution in [3.63, 3.8) is 0 Å². The van der Waals surface area contributed by atoms with Gasteiger partial charge in [0.2, 0.25) is 0 Å². The molecule has 2 aromatic carbocycles. The lowest BCUT2D eigenvalue weighted by atomic mass is 9.75. The van der Waals surface area contributed by atoms with Crippen LogP contribution in [0.25, 0.3) is 0 Å². The van der Waals surface area contributed by atoms with E-state index < -0.39 is 11.7 Å². The summed E-state index contributed by atoms with van der Waals surface area (Å²) in [6.45, 7) is 0. The monoisotopic (exact) mass is 349 g/mol. The number of nitrogens with one attached hydrogen (secondary N) is 1. The minimum Gasteiger partial charge on any atom is -0.376 e. The van der Waals surface area contributed by atoms with E-state index in [2.05, 4.69) is 5.32 Å². The average Bonchev–Trinajstić information content (AvgIpc) is 3.04. The predicted octanol–water partition coefficient (Wildman–Crippen LogP) is 6.19. The molecule has 0 radical (unpaired) electrons. The Morgan fingerprint density at radius 1 is 1.04 bits per heavy atom. The number of rotatable bonds is 1. The first-order valence-electron chi connectivity index (χ1n) is 7.84. The molecular formula is C19H15ClF3N. The van der Waals surface area contributed by atoms with E-state index in [9.17, 15) is 13.2 Å². The quantitative estimate of drug-likeness (QED) is 0.606. The number of hydrogen-bond donors (Lipinski definition) is 1. The summed E-state index contributed by atoms with van der Waals surface area (Å²) in [6.07, 6.45) is 0.229. The fourth-order valence-electron chi connectivity index (χ4n) is 3.91. The van der Waals surface area contributed by atoms with E-state index in [4.69, 9.17) is 11.6 Å². The van der Waals surface area contributed by atoms with Crippen molar-refractivity contribution in [3.05, 3.63) is 76.3 Å². The van der Waals surface area contributed by atoms with Gasteiger partial charge in [0.1, 0.15) is 0 Å². The summed E-state index contributed by atoms with van der Waals surface area (Å²) in [5.74, 6) is -0.221. The molecule has 24 heavy (non-hydrogen) atoms. The highest BCUT2D eigenvalue weighted by Crippen LogP contribution is 2.54. The molecule has 1 N–H and O–H groups in total. The van der Waals surface area contributed by atoms with Crippen molar-refractivity contribution >= 4 is 17.3 Å². The van der Waals surface area contributed by atoms with E-state index in [0.717, 1.165) is 18.1 Å². The predicted molar refractivity (Wildman–Crippen MR) is 89.2 cm³/mol. The number of allylic oxidation sites excluding steroid dienone is 2. The van der Waals surface area contributed by atoms with Crippen LogP contribution in [0.15, 0.2) is 54.6 Å². The average molecular weight is 350 g/mol. The van der Waals surface area contributed by atoms with Crippen LogP contribution in [0.5, 0.6) is 0 Å². The van der Waals surface area contributed by atoms with Crippen LogP contribution in [-0.2, 0) is 6.18 Å². The summed E-state index contributed by atoms with van der Waals surface area (Å²) in [5, 5.41) is 3.62. The molecule has 1 heterocycles. The van der Waals surface area contributed by atoms with Crippen LogP contribution >= 0.6 is 11.6 Å². The summed E-state index contributed by atoms with van der Waals surface area (Å²) < 4.78 is 40.5. The molecule has 0 fully saturated rings. The molecule has 0 aromatic heterocycles. The van der Waals surface area contributed by atoms with Crippen LogP contribution in [-0.4, -0.2) is 0 Å². The highest BCUT2D eigenvalue weighted by molar-refractivity contribution is 6.33. The third-order valence-electron chi connectivity index (χ3n) is 4.93. The van der Waals surface area contributed by atoms with Gasteiger partial charge in [-0.15, -0.1) is 0 Å². The van der Waals surface area contributed by atoms with Crippen molar-refractivity contribution in [1.82, 2.24) is 0 Å². The first-order valence-corrected chi connectivity index (χ1v) is 8.22. The van der Waals surface area contributed by atoms with E-state index in [-0.39, 0.29) is 23.4 Å². The maximum Gasteiger partial charge on any atom is 0.416 e. The molecule has 2 aliphatic rings. The third kappa shape index (κ3) is 2.40. The van der Waals surface area contributed by atoms with Gasteiger partial charge in [-0.05, 0) is 35.6 Å². The van der Waals surface area contributed by atoms with Crippen LogP contribution in [0, 0.1) is 5.92 Å². The van der Waals surface area contributed by atoms with E-state index in [1.165, 1.54) is 6.07 Å². The molecule has 0 saturated heterocycles. The first kappa shape index (κ1) is 15.6. The van der Waals surface area contributed by atoms with E-state index >= 15 is 0 Å². The van der Waals surface area contributed by atoms with Crippen LogP contribution in [0.1, 0.15) is 35.1 Å². The highest BCUT2D eigenvalue weighted by atomic mass is 35.5. The summed E-state index contributed by atoms with van der Waals surface area (Å²) in [6, 6.07) is 12.2. The van der Waals surface area contributed by atoms with Crippen molar-refractivity contribution in [2.45, 2.75) is 24.6 Å². The fraction of sp³-hybridized carbons (Fsp3) is 0.263. The Bertz CT molecular complexity index is 798. The van der Waals surface area contributed by atoms with Gasteiger partial charge in [-0.3, -0.25) is 0 Å². The van der Waals surface area contributed by atoms with E-state index in [1.807, 2.05) is 42.5 Å². The maximum atomic E-state index is 13.5. The summed E-state index contributed by atoms with van der Waals surface area (Å²) in [4.78, 5) is 0. The molecule has 1 aliphatic heterocycles. The Labute approximate surface area is 143 Å². The normalized spacial score (nSPS) is 25.1. The minimum atomic E-state index is -4.39. The Balaban J connectivity index is 1.89. The number of anilines is 1. The molecule has 0 saturated carbocycles. The van der Waals surface area contributed by atoms with Gasteiger partial charge in [0.25, 0.3) is 0 Å². The molecule has 5 heteroatoms. The molecule has 2 aromatic rings. The Morgan fingerprint density at radius 3 is 2.50 bits per heavy atom. The van der Waals surface area contributed by atoms with Crippen molar-refractivity contribution < 1.29 is 13.2 Å². The van der Waals surface area contributed by atoms with Crippen LogP contribution in [0.3, 0.4) is 0 Å². The molecule has 1 aliphatic carbocycles. The number of benzene rings is 2. The molecule has 1 nitrogen and oxygen atoms in total. The Kier molecular flexibility index (Phi) is 3.61. The summed E-state index contributed by atoms with van der Waals surface area (Å²) in [5.41, 5.74) is 1.16. The molecule has 3 atom stereocenters. The van der Waals surface area contributed by atoms with Gasteiger partial charge in [-0.2, -0.15) is 13.2 Å². The van der Waals surface area contributed by atoms with Crippen molar-refractivity contribution in [1.29, 1.82) is 0 Å². The second kappa shape index (κ2) is 5.55. The van der Waals surface area contributed by atoms with Crippen LogP contribution in [0.2, 0.25) is 5.02 Å². The smallest absolute Gasteiger partial charge is 0.376 e. The molecule has 0 spiro atoms. The second-order valence-corrected chi connectivity index (χ2v) is 6.67. The van der Waals surface area contributed by atoms with E-state index in [1.54, 1.807) is 0 Å². The molecule has 0 bridgehead atoms. The van der Waals surface area contributed by atoms with Crippen molar-refractivity contribution in [2.75, 3.05) is 5.32 Å². The Morgan fingerprint density at radius 2 is 1.79 bits per heavy atom. The number of hydrogen-bond acceptors (Lipinski definition) is 1. The highest BCUT2D eigenvalue weighted by Gasteiger charge is 2.44. The standard InChI is InChI=1S/C19H15ClF3N/c20-15-10-9-14(19(21,22)23)16-12-7-4-8-13(12)17(24-18(15)16)11-5-2-1-3-6-11/h1-7,9-10,12-13,17,24H,8H2/t12-,13+,17-/m1/s1. The van der Waals surface area contributed by atoms with Gasteiger partial charge >= 0.3 is 6.18 Å². The van der Waals surface area contributed by atoms with Crippen molar-refractivity contribution in [2.24, 2.45) is 5.92 Å². The van der Waals surface area contributed by atoms with Gasteiger partial charge in [-0.25, -0.2) is 0 Å². The lowest BCUT2D eigenvalue weighted by molar-refractivity contribution is -0.138. The lowest BCUT2D eigenvalue weighted by Crippen LogP contribution is -2.31. The topological polar surface area (TPSA) is 12.0 Å². The first-order chi connectivity index (χ1) is 11.5. The van der Waals surface area contributed by atoms with Gasteiger partial charge in [0.15, 0.2) is 0 Å². The van der Waals surface area contributed by atoms with Crippen molar-refractivity contribution in [3.8, 4) is 0 Å². The third-order valence-corrected chi connectivity index (χ3v) is 5.25. The molecule has 0 unspecified atom stereocenters. The largest absolute Gasteiger partial charge is 0.416 e. The van der Waals surface area contributed by atoms with Crippen LogP contribution < -0.4 is 5.32 Å². The zero-order valence-corrected chi connectivity index (χ0v) is 13.4. The van der Waals surface area contributed by atoms with Gasteiger partial charge in [0, 0.05) is 5.92 Å². The zero-order chi connectivity index (χ0) is 16.9. The Hall–Kier alpha value is -1.94. The SMILES string of the molecule is FC(F)(F)c1ccc(Cl)c2c1[C@@H]1C=CC[C@@H]1[C@@H](c1ccccc1)N2. The minimum absolute atomic E-state index is 0.0551. The number of fused-ring (bicyclic) bond motifs is 3. The molecule has 0 amide bonds. The number of halogens is 4. The summed E-state index contributed by atoms with van der Waals surface area (Å²) in [7, 11) is 0.